The molecular weight excluding hydrogens is 336 g/mol. The molecule has 0 radical (unpaired) electrons. The van der Waals surface area contributed by atoms with Gasteiger partial charge >= 0.3 is 5.97 Å². The molecule has 0 atom stereocenters. The second-order valence-electron chi connectivity index (χ2n) is 7.20. The van der Waals surface area contributed by atoms with Crippen molar-refractivity contribution in [2.24, 2.45) is 0 Å². The van der Waals surface area contributed by atoms with Crippen molar-refractivity contribution in [1.29, 1.82) is 0 Å². The van der Waals surface area contributed by atoms with Gasteiger partial charge in [0.05, 0.1) is 0 Å². The number of aliphatic carboxylic acids is 1. The Morgan fingerprint density at radius 1 is 0.593 bits per heavy atom. The van der Waals surface area contributed by atoms with Crippen molar-refractivity contribution in [3.63, 3.8) is 0 Å². The Bertz CT molecular complexity index is 447. The van der Waals surface area contributed by atoms with Crippen molar-refractivity contribution in [2.75, 3.05) is 0 Å². The first-order chi connectivity index (χ1) is 13.2. The fourth-order valence-corrected chi connectivity index (χ4v) is 2.92. The maximum Gasteiger partial charge on any atom is 0.328 e. The van der Waals surface area contributed by atoms with Crippen LogP contribution in [0.1, 0.15) is 103 Å². The maximum atomic E-state index is 11.3. The Morgan fingerprint density at radius 2 is 1.04 bits per heavy atom. The van der Waals surface area contributed by atoms with E-state index in [9.17, 15) is 9.59 Å². The second-order valence-corrected chi connectivity index (χ2v) is 7.20. The van der Waals surface area contributed by atoms with E-state index in [1.165, 1.54) is 89.5 Å². The number of carbonyl (C=O) groups is 2. The lowest BCUT2D eigenvalue weighted by molar-refractivity contribution is -0.131. The molecule has 0 aromatic heterocycles. The summed E-state index contributed by atoms with van der Waals surface area (Å²) in [7, 11) is 0. The fourth-order valence-electron chi connectivity index (χ4n) is 2.92. The zero-order valence-electron chi connectivity index (χ0n) is 17.3. The third-order valence-electron chi connectivity index (χ3n) is 4.55. The monoisotopic (exact) mass is 376 g/mol. The van der Waals surface area contributed by atoms with Crippen LogP contribution in [0.4, 0.5) is 0 Å². The summed E-state index contributed by atoms with van der Waals surface area (Å²) in [5.41, 5.74) is 0. The van der Waals surface area contributed by atoms with Gasteiger partial charge in [-0.05, 0) is 50.7 Å². The number of allylic oxidation sites excluding steroid dienone is 5. The Kier molecular flexibility index (Phi) is 19.4. The van der Waals surface area contributed by atoms with Crippen LogP contribution >= 0.6 is 0 Å². The summed E-state index contributed by atoms with van der Waals surface area (Å²) in [4.78, 5) is 21.6. The number of ketones is 1. The number of hydrogen-bond acceptors (Lipinski definition) is 2. The molecule has 27 heavy (non-hydrogen) atoms. The first kappa shape index (κ1) is 25.4. The average molecular weight is 377 g/mol. The van der Waals surface area contributed by atoms with Gasteiger partial charge in [-0.3, -0.25) is 4.79 Å². The number of carbonyl (C=O) groups excluding carboxylic acids is 1. The highest BCUT2D eigenvalue weighted by Crippen LogP contribution is 2.12. The molecule has 3 heteroatoms. The van der Waals surface area contributed by atoms with Crippen LogP contribution < -0.4 is 0 Å². The molecule has 0 aliphatic carbocycles. The predicted molar refractivity (Wildman–Crippen MR) is 115 cm³/mol. The minimum absolute atomic E-state index is 0.260. The van der Waals surface area contributed by atoms with E-state index in [2.05, 4.69) is 19.1 Å². The Morgan fingerprint density at radius 3 is 1.52 bits per heavy atom. The Hall–Kier alpha value is -1.64. The molecule has 0 aliphatic rings. The average Bonchev–Trinajstić information content (AvgIpc) is 2.65. The first-order valence-corrected chi connectivity index (χ1v) is 10.9. The standard InChI is InChI=1S/C24H40O3/c1-2-3-4-5-6-7-8-9-10-11-12-13-14-15-16-17-18-19-20-23(25)21-22-24(26)27/h6-7,19-22H,2-5,8-18H2,1H3,(H,26,27)/b7-6-,20-19+,22-21+. The lowest BCUT2D eigenvalue weighted by Crippen LogP contribution is -1.91. The molecule has 0 aromatic carbocycles. The molecule has 0 unspecified atom stereocenters. The van der Waals surface area contributed by atoms with Gasteiger partial charge in [0.15, 0.2) is 5.78 Å². The summed E-state index contributed by atoms with van der Waals surface area (Å²) >= 11 is 0. The van der Waals surface area contributed by atoms with Crippen LogP contribution in [0.2, 0.25) is 0 Å². The summed E-state index contributed by atoms with van der Waals surface area (Å²) in [6.45, 7) is 2.25. The van der Waals surface area contributed by atoms with E-state index in [1.54, 1.807) is 0 Å². The molecule has 154 valence electrons. The third-order valence-corrected chi connectivity index (χ3v) is 4.55. The zero-order valence-corrected chi connectivity index (χ0v) is 17.3. The highest BCUT2D eigenvalue weighted by Gasteiger charge is 1.94. The smallest absolute Gasteiger partial charge is 0.328 e. The molecule has 0 saturated heterocycles. The van der Waals surface area contributed by atoms with Crippen molar-refractivity contribution in [2.45, 2.75) is 103 Å². The molecule has 3 nitrogen and oxygen atoms in total. The van der Waals surface area contributed by atoms with E-state index in [4.69, 9.17) is 5.11 Å². The molecule has 0 bridgehead atoms. The molecule has 0 spiro atoms. The molecule has 0 heterocycles. The van der Waals surface area contributed by atoms with Gasteiger partial charge in [0.1, 0.15) is 0 Å². The summed E-state index contributed by atoms with van der Waals surface area (Å²) in [5, 5.41) is 8.42. The minimum Gasteiger partial charge on any atom is -0.478 e. The molecule has 0 saturated carbocycles. The van der Waals surface area contributed by atoms with E-state index in [-0.39, 0.29) is 5.78 Å². The van der Waals surface area contributed by atoms with Crippen LogP contribution in [0.25, 0.3) is 0 Å². The summed E-state index contributed by atoms with van der Waals surface area (Å²) in [6, 6.07) is 0. The number of carboxylic acid groups (broad SMARTS) is 1. The van der Waals surface area contributed by atoms with E-state index in [0.717, 1.165) is 25.0 Å². The summed E-state index contributed by atoms with van der Waals surface area (Å²) in [6.07, 6.45) is 29.0. The quantitative estimate of drug-likeness (QED) is 0.147. The molecule has 1 N–H and O–H groups in total. The van der Waals surface area contributed by atoms with Gasteiger partial charge in [-0.15, -0.1) is 0 Å². The van der Waals surface area contributed by atoms with Gasteiger partial charge in [0.2, 0.25) is 0 Å². The van der Waals surface area contributed by atoms with Gasteiger partial charge < -0.3 is 5.11 Å². The zero-order chi connectivity index (χ0) is 20.0. The van der Waals surface area contributed by atoms with Crippen LogP contribution in [0.15, 0.2) is 36.5 Å². The van der Waals surface area contributed by atoms with E-state index < -0.39 is 5.97 Å². The van der Waals surface area contributed by atoms with Crippen molar-refractivity contribution in [1.82, 2.24) is 0 Å². The molecule has 0 amide bonds. The van der Waals surface area contributed by atoms with Crippen molar-refractivity contribution < 1.29 is 14.7 Å². The van der Waals surface area contributed by atoms with Crippen molar-refractivity contribution >= 4 is 11.8 Å². The lowest BCUT2D eigenvalue weighted by Gasteiger charge is -2.01. The van der Waals surface area contributed by atoms with E-state index >= 15 is 0 Å². The molecule has 0 aliphatic heterocycles. The molecular formula is C24H40O3. The maximum absolute atomic E-state index is 11.3. The second kappa shape index (κ2) is 20.7. The largest absolute Gasteiger partial charge is 0.478 e. The number of unbranched alkanes of at least 4 members (excludes halogenated alkanes) is 13. The lowest BCUT2D eigenvalue weighted by atomic mass is 10.1. The van der Waals surface area contributed by atoms with Crippen LogP contribution in [0.5, 0.6) is 0 Å². The van der Waals surface area contributed by atoms with Crippen LogP contribution in [0.3, 0.4) is 0 Å². The Balaban J connectivity index is 3.27. The van der Waals surface area contributed by atoms with Gasteiger partial charge in [-0.25, -0.2) is 4.79 Å². The third kappa shape index (κ3) is 22.3. The van der Waals surface area contributed by atoms with E-state index in [1.807, 2.05) is 6.08 Å². The molecule has 0 fully saturated rings. The SMILES string of the molecule is CCCCC/C=C\CCCCCCCCCCC/C=C/C(=O)/C=C/C(=O)O. The minimum atomic E-state index is -1.09. The molecule has 0 rings (SSSR count). The van der Waals surface area contributed by atoms with Crippen LogP contribution in [-0.4, -0.2) is 16.9 Å². The van der Waals surface area contributed by atoms with Crippen molar-refractivity contribution in [3.8, 4) is 0 Å². The van der Waals surface area contributed by atoms with Crippen molar-refractivity contribution in [3.05, 3.63) is 36.5 Å². The normalized spacial score (nSPS) is 11.9. The highest BCUT2D eigenvalue weighted by atomic mass is 16.4. The predicted octanol–water partition coefficient (Wildman–Crippen LogP) is 7.18. The van der Waals surface area contributed by atoms with Crippen LogP contribution in [0, 0.1) is 0 Å². The first-order valence-electron chi connectivity index (χ1n) is 10.9. The highest BCUT2D eigenvalue weighted by molar-refractivity contribution is 6.02. The topological polar surface area (TPSA) is 54.4 Å². The van der Waals surface area contributed by atoms with Crippen LogP contribution in [-0.2, 0) is 9.59 Å². The Labute approximate surface area is 166 Å². The van der Waals surface area contributed by atoms with Gasteiger partial charge in [-0.1, -0.05) is 82.9 Å². The summed E-state index contributed by atoms with van der Waals surface area (Å²) in [5.74, 6) is -1.35. The van der Waals surface area contributed by atoms with E-state index in [0.29, 0.717) is 0 Å². The number of carboxylic acids is 1. The number of rotatable bonds is 19. The summed E-state index contributed by atoms with van der Waals surface area (Å²) < 4.78 is 0. The number of hydrogen-bond donors (Lipinski definition) is 1. The molecule has 0 aromatic rings. The van der Waals surface area contributed by atoms with Gasteiger partial charge in [0.25, 0.3) is 0 Å². The van der Waals surface area contributed by atoms with Gasteiger partial charge in [-0.2, -0.15) is 0 Å². The van der Waals surface area contributed by atoms with Gasteiger partial charge in [0, 0.05) is 6.08 Å². The fraction of sp³-hybridized carbons (Fsp3) is 0.667.